The van der Waals surface area contributed by atoms with Crippen molar-refractivity contribution >= 4 is 21.7 Å². The van der Waals surface area contributed by atoms with Crippen molar-refractivity contribution in [3.05, 3.63) is 18.2 Å². The summed E-state index contributed by atoms with van der Waals surface area (Å²) in [5, 5.41) is 8.51. The molecule has 1 aromatic carbocycles. The molecule has 0 radical (unpaired) electrons. The fraction of sp³-hybridized carbons (Fsp3) is 0.462. The number of carboxylic acids is 1. The van der Waals surface area contributed by atoms with Crippen molar-refractivity contribution < 1.29 is 27.8 Å². The number of hydrogen-bond acceptors (Lipinski definition) is 5. The lowest BCUT2D eigenvalue weighted by molar-refractivity contribution is -0.137. The summed E-state index contributed by atoms with van der Waals surface area (Å²) in [5.41, 5.74) is 0.370. The van der Waals surface area contributed by atoms with Crippen molar-refractivity contribution in [1.29, 1.82) is 0 Å². The van der Waals surface area contributed by atoms with E-state index in [1.165, 1.54) is 0 Å². The second kappa shape index (κ2) is 6.66. The van der Waals surface area contributed by atoms with Crippen LogP contribution in [0.4, 0.5) is 5.69 Å². The predicted octanol–water partition coefficient (Wildman–Crippen LogP) is 1.45. The highest BCUT2D eigenvalue weighted by atomic mass is 32.2. The second-order valence-electron chi connectivity index (χ2n) is 4.63. The third kappa shape index (κ3) is 4.82. The monoisotopic (exact) mass is 315 g/mol. The van der Waals surface area contributed by atoms with E-state index in [0.29, 0.717) is 30.4 Å². The number of sulfonamides is 1. The van der Waals surface area contributed by atoms with Crippen LogP contribution in [0.3, 0.4) is 0 Å². The smallest absolute Gasteiger partial charge is 0.303 e. The standard InChI is InChI=1S/C13H17NO6S/c15-13(16)3-1-8-21(17,18)14-10-4-5-11-12(9-10)20-7-2-6-19-11/h4-5,9,14H,1-3,6-8H2,(H,15,16). The summed E-state index contributed by atoms with van der Waals surface area (Å²) >= 11 is 0. The molecule has 0 unspecified atom stereocenters. The van der Waals surface area contributed by atoms with Gasteiger partial charge in [-0.2, -0.15) is 0 Å². The zero-order valence-corrected chi connectivity index (χ0v) is 12.2. The lowest BCUT2D eigenvalue weighted by atomic mass is 10.3. The number of nitrogens with one attached hydrogen (secondary N) is 1. The second-order valence-corrected chi connectivity index (χ2v) is 6.47. The largest absolute Gasteiger partial charge is 0.490 e. The molecule has 0 spiro atoms. The average molecular weight is 315 g/mol. The first-order valence-corrected chi connectivity index (χ1v) is 8.23. The molecular weight excluding hydrogens is 298 g/mol. The lowest BCUT2D eigenvalue weighted by Gasteiger charge is -2.11. The van der Waals surface area contributed by atoms with Crippen LogP contribution < -0.4 is 14.2 Å². The van der Waals surface area contributed by atoms with Crippen LogP contribution in [-0.4, -0.2) is 38.5 Å². The van der Waals surface area contributed by atoms with Crippen LogP contribution in [0.1, 0.15) is 19.3 Å². The first-order valence-electron chi connectivity index (χ1n) is 6.58. The predicted molar refractivity (Wildman–Crippen MR) is 76.3 cm³/mol. The Labute approximate surface area is 122 Å². The highest BCUT2D eigenvalue weighted by molar-refractivity contribution is 7.92. The summed E-state index contributed by atoms with van der Waals surface area (Å²) in [6, 6.07) is 4.80. The van der Waals surface area contributed by atoms with E-state index in [1.807, 2.05) is 0 Å². The molecule has 0 fully saturated rings. The number of rotatable bonds is 6. The number of aliphatic carboxylic acids is 1. The molecule has 0 saturated heterocycles. The van der Waals surface area contributed by atoms with Crippen LogP contribution in [0.25, 0.3) is 0 Å². The van der Waals surface area contributed by atoms with Crippen molar-refractivity contribution in [3.8, 4) is 11.5 Å². The van der Waals surface area contributed by atoms with E-state index in [-0.39, 0.29) is 18.6 Å². The highest BCUT2D eigenvalue weighted by Gasteiger charge is 2.15. The number of hydrogen-bond donors (Lipinski definition) is 2. The fourth-order valence-electron chi connectivity index (χ4n) is 1.87. The van der Waals surface area contributed by atoms with E-state index in [2.05, 4.69) is 4.72 Å². The van der Waals surface area contributed by atoms with Gasteiger partial charge in [-0.15, -0.1) is 0 Å². The van der Waals surface area contributed by atoms with E-state index >= 15 is 0 Å². The van der Waals surface area contributed by atoms with Crippen LogP contribution in [-0.2, 0) is 14.8 Å². The van der Waals surface area contributed by atoms with Gasteiger partial charge in [0.15, 0.2) is 11.5 Å². The first kappa shape index (κ1) is 15.4. The fourth-order valence-corrected chi connectivity index (χ4v) is 2.98. The van der Waals surface area contributed by atoms with Gasteiger partial charge < -0.3 is 14.6 Å². The topological polar surface area (TPSA) is 102 Å². The van der Waals surface area contributed by atoms with Crippen molar-refractivity contribution in [2.75, 3.05) is 23.7 Å². The molecule has 2 rings (SSSR count). The summed E-state index contributed by atoms with van der Waals surface area (Å²) in [6.07, 6.45) is 0.655. The number of benzene rings is 1. The SMILES string of the molecule is O=C(O)CCCS(=O)(=O)Nc1ccc2c(c1)OCCCO2. The molecule has 0 saturated carbocycles. The van der Waals surface area contributed by atoms with Gasteiger partial charge in [0.2, 0.25) is 10.0 Å². The molecule has 0 aromatic heterocycles. The van der Waals surface area contributed by atoms with E-state index in [1.54, 1.807) is 18.2 Å². The van der Waals surface area contributed by atoms with E-state index in [4.69, 9.17) is 14.6 Å². The molecule has 1 aliphatic heterocycles. The van der Waals surface area contributed by atoms with Crippen LogP contribution >= 0.6 is 0 Å². The van der Waals surface area contributed by atoms with E-state index in [9.17, 15) is 13.2 Å². The van der Waals surface area contributed by atoms with Crippen molar-refractivity contribution in [1.82, 2.24) is 0 Å². The van der Waals surface area contributed by atoms with Crippen LogP contribution in [0.5, 0.6) is 11.5 Å². The molecule has 0 bridgehead atoms. The molecule has 116 valence electrons. The summed E-state index contributed by atoms with van der Waals surface area (Å²) in [4.78, 5) is 10.4. The van der Waals surface area contributed by atoms with Gasteiger partial charge in [-0.1, -0.05) is 0 Å². The third-order valence-electron chi connectivity index (χ3n) is 2.82. The molecule has 1 heterocycles. The maximum absolute atomic E-state index is 11.8. The van der Waals surface area contributed by atoms with Crippen LogP contribution in [0.2, 0.25) is 0 Å². The minimum atomic E-state index is -3.58. The number of ether oxygens (including phenoxy) is 2. The Bertz CT molecular complexity index is 613. The highest BCUT2D eigenvalue weighted by Crippen LogP contribution is 2.32. The summed E-state index contributed by atoms with van der Waals surface area (Å²) in [7, 11) is -3.58. The quantitative estimate of drug-likeness (QED) is 0.824. The van der Waals surface area contributed by atoms with E-state index < -0.39 is 16.0 Å². The number of fused-ring (bicyclic) bond motifs is 1. The molecule has 0 atom stereocenters. The van der Waals surface area contributed by atoms with Gasteiger partial charge in [-0.3, -0.25) is 9.52 Å². The van der Waals surface area contributed by atoms with Crippen molar-refractivity contribution in [2.24, 2.45) is 0 Å². The van der Waals surface area contributed by atoms with Gasteiger partial charge in [-0.05, 0) is 18.6 Å². The maximum atomic E-state index is 11.8. The number of carbonyl (C=O) groups is 1. The zero-order chi connectivity index (χ0) is 15.3. The van der Waals surface area contributed by atoms with Gasteiger partial charge >= 0.3 is 5.97 Å². The Morgan fingerprint density at radius 2 is 1.95 bits per heavy atom. The average Bonchev–Trinajstić information content (AvgIpc) is 2.62. The Morgan fingerprint density at radius 1 is 1.24 bits per heavy atom. The van der Waals surface area contributed by atoms with Gasteiger partial charge in [0.05, 0.1) is 24.7 Å². The van der Waals surface area contributed by atoms with Crippen molar-refractivity contribution in [3.63, 3.8) is 0 Å². The summed E-state index contributed by atoms with van der Waals surface area (Å²) < 4.78 is 37.0. The van der Waals surface area contributed by atoms with Crippen LogP contribution in [0, 0.1) is 0 Å². The van der Waals surface area contributed by atoms with Crippen molar-refractivity contribution in [2.45, 2.75) is 19.3 Å². The van der Waals surface area contributed by atoms with Gasteiger partial charge in [0, 0.05) is 18.9 Å². The normalized spacial score (nSPS) is 14.3. The number of carboxylic acid groups (broad SMARTS) is 1. The van der Waals surface area contributed by atoms with Gasteiger partial charge in [-0.25, -0.2) is 8.42 Å². The lowest BCUT2D eigenvalue weighted by Crippen LogP contribution is -2.17. The third-order valence-corrected chi connectivity index (χ3v) is 4.20. The Hall–Kier alpha value is -1.96. The Balaban J connectivity index is 2.02. The summed E-state index contributed by atoms with van der Waals surface area (Å²) in [6.45, 7) is 1.08. The molecule has 21 heavy (non-hydrogen) atoms. The molecule has 1 aromatic rings. The van der Waals surface area contributed by atoms with E-state index in [0.717, 1.165) is 6.42 Å². The summed E-state index contributed by atoms with van der Waals surface area (Å²) in [5.74, 6) is -0.173. The van der Waals surface area contributed by atoms with Gasteiger partial charge in [0.25, 0.3) is 0 Å². The maximum Gasteiger partial charge on any atom is 0.303 e. The molecule has 8 heteroatoms. The van der Waals surface area contributed by atoms with Crippen LogP contribution in [0.15, 0.2) is 18.2 Å². The minimum absolute atomic E-state index is 0.0647. The Morgan fingerprint density at radius 3 is 2.67 bits per heavy atom. The molecule has 7 nitrogen and oxygen atoms in total. The van der Waals surface area contributed by atoms with Gasteiger partial charge in [0.1, 0.15) is 0 Å². The minimum Gasteiger partial charge on any atom is -0.490 e. The molecular formula is C13H17NO6S. The molecule has 0 amide bonds. The molecule has 2 N–H and O–H groups in total. The molecule has 1 aliphatic rings. The number of anilines is 1. The molecule has 0 aliphatic carbocycles. The first-order chi connectivity index (χ1) is 9.96. The Kier molecular flexibility index (Phi) is 4.89. The zero-order valence-electron chi connectivity index (χ0n) is 11.4.